The van der Waals surface area contributed by atoms with Crippen molar-refractivity contribution in [2.45, 2.75) is 37.4 Å². The molecule has 1 heterocycles. The summed E-state index contributed by atoms with van der Waals surface area (Å²) in [6.45, 7) is 0.555. The third-order valence-corrected chi connectivity index (χ3v) is 4.05. The molecule has 0 spiro atoms. The zero-order valence-corrected chi connectivity index (χ0v) is 14.1. The van der Waals surface area contributed by atoms with Gasteiger partial charge < -0.3 is 27.2 Å². The average molecular weight is 374 g/mol. The minimum Gasteiger partial charge on any atom is -0.479 e. The van der Waals surface area contributed by atoms with Crippen molar-refractivity contribution in [2.75, 3.05) is 13.2 Å². The number of carboxylic acids is 1. The van der Waals surface area contributed by atoms with Crippen LogP contribution in [0.1, 0.15) is 19.8 Å². The molecule has 1 fully saturated rings. The summed E-state index contributed by atoms with van der Waals surface area (Å²) in [6.07, 6.45) is -1.39. The molecule has 12 nitrogen and oxygen atoms in total. The number of amides is 2. The van der Waals surface area contributed by atoms with E-state index in [0.717, 1.165) is 0 Å². The Bertz CT molecular complexity index is 608. The molecule has 0 aromatic carbocycles. The number of carboxylic acid groups (broad SMARTS) is 1. The van der Waals surface area contributed by atoms with Gasteiger partial charge in [-0.3, -0.25) is 24.4 Å². The van der Waals surface area contributed by atoms with Gasteiger partial charge in [0.25, 0.3) is 0 Å². The molecule has 1 saturated heterocycles. The zero-order valence-electron chi connectivity index (χ0n) is 14.1. The van der Waals surface area contributed by atoms with E-state index in [0.29, 0.717) is 0 Å². The summed E-state index contributed by atoms with van der Waals surface area (Å²) in [5.41, 5.74) is 8.52. The largest absolute Gasteiger partial charge is 0.479 e. The van der Waals surface area contributed by atoms with Crippen molar-refractivity contribution >= 4 is 29.4 Å². The molecule has 4 atom stereocenters. The molecule has 1 rings (SSSR count). The van der Waals surface area contributed by atoms with Gasteiger partial charge in [0.2, 0.25) is 11.8 Å². The van der Waals surface area contributed by atoms with E-state index in [4.69, 9.17) is 16.7 Å². The van der Waals surface area contributed by atoms with Gasteiger partial charge in [-0.15, -0.1) is 0 Å². The molecule has 146 valence electrons. The van der Waals surface area contributed by atoms with Gasteiger partial charge in [-0.25, -0.2) is 9.68 Å². The number of carbonyl (C=O) groups is 5. The zero-order chi connectivity index (χ0) is 20.1. The van der Waals surface area contributed by atoms with Crippen LogP contribution < -0.4 is 22.1 Å². The summed E-state index contributed by atoms with van der Waals surface area (Å²) < 4.78 is 0. The smallest absolute Gasteiger partial charge is 0.329 e. The monoisotopic (exact) mass is 374 g/mol. The van der Waals surface area contributed by atoms with E-state index < -0.39 is 72.3 Å². The van der Waals surface area contributed by atoms with Crippen LogP contribution in [0.4, 0.5) is 0 Å². The lowest BCUT2D eigenvalue weighted by molar-refractivity contribution is -0.245. The van der Waals surface area contributed by atoms with Gasteiger partial charge in [0.15, 0.2) is 17.5 Å². The van der Waals surface area contributed by atoms with Crippen molar-refractivity contribution in [2.24, 2.45) is 17.4 Å². The highest BCUT2D eigenvalue weighted by molar-refractivity contribution is 6.25. The Balaban J connectivity index is 3.12. The molecule has 12 heteroatoms. The van der Waals surface area contributed by atoms with E-state index in [-0.39, 0.29) is 6.54 Å². The molecule has 0 aliphatic carbocycles. The molecule has 2 unspecified atom stereocenters. The van der Waals surface area contributed by atoms with Gasteiger partial charge >= 0.3 is 5.97 Å². The van der Waals surface area contributed by atoms with Crippen molar-refractivity contribution in [1.29, 1.82) is 0 Å². The standard InChI is InChI=1S/C14H22N4O8/c1-6(16)11(21)18-14(13(23)24,2-3-26-25)4-8(19)9-10(20)7(5-15)17-12(9)22/h6-7,9,25H,2-5,15-16H2,1H3,(H,17,22)(H,18,21)(H,23,24)/t6-,7-,9?,14?/m0/s1. The number of aliphatic carboxylic acids is 1. The number of nitrogens with one attached hydrogen (secondary N) is 2. The number of ketones is 2. The Morgan fingerprint density at radius 2 is 2.00 bits per heavy atom. The molecule has 26 heavy (non-hydrogen) atoms. The molecule has 0 aromatic rings. The lowest BCUT2D eigenvalue weighted by Crippen LogP contribution is -2.59. The third kappa shape index (κ3) is 4.60. The molecular weight excluding hydrogens is 352 g/mol. The maximum atomic E-state index is 12.5. The SMILES string of the molecule is C[C@H](N)C(=O)NC(CCOO)(CC(=O)C1C(=O)N[C@@H](CN)C1=O)C(=O)O. The lowest BCUT2D eigenvalue weighted by atomic mass is 9.84. The Labute approximate surface area is 148 Å². The maximum Gasteiger partial charge on any atom is 0.329 e. The summed E-state index contributed by atoms with van der Waals surface area (Å²) >= 11 is 0. The van der Waals surface area contributed by atoms with Crippen molar-refractivity contribution in [3.05, 3.63) is 0 Å². The summed E-state index contributed by atoms with van der Waals surface area (Å²) in [6, 6.07) is -2.12. The Kier molecular flexibility index (Phi) is 7.32. The highest BCUT2D eigenvalue weighted by atomic mass is 17.1. The van der Waals surface area contributed by atoms with Crippen molar-refractivity contribution in [1.82, 2.24) is 10.6 Å². The molecule has 8 N–H and O–H groups in total. The first-order chi connectivity index (χ1) is 12.1. The molecule has 1 aliphatic rings. The quantitative estimate of drug-likeness (QED) is 0.128. The Morgan fingerprint density at radius 3 is 2.42 bits per heavy atom. The van der Waals surface area contributed by atoms with Gasteiger partial charge in [-0.1, -0.05) is 0 Å². The summed E-state index contributed by atoms with van der Waals surface area (Å²) in [7, 11) is 0. The van der Waals surface area contributed by atoms with E-state index in [9.17, 15) is 29.1 Å². The predicted molar refractivity (Wildman–Crippen MR) is 84.5 cm³/mol. The predicted octanol–water partition coefficient (Wildman–Crippen LogP) is -3.25. The first kappa shape index (κ1) is 21.6. The van der Waals surface area contributed by atoms with Crippen LogP contribution >= 0.6 is 0 Å². The number of Topliss-reactive ketones (excluding diaryl/α,β-unsaturated/α-hetero) is 2. The summed E-state index contributed by atoms with van der Waals surface area (Å²) in [4.78, 5) is 63.9. The maximum absolute atomic E-state index is 12.5. The molecular formula is C14H22N4O8. The second-order valence-corrected chi connectivity index (χ2v) is 6.02. The van der Waals surface area contributed by atoms with E-state index >= 15 is 0 Å². The Morgan fingerprint density at radius 1 is 1.38 bits per heavy atom. The normalized spacial score (nSPS) is 23.1. The van der Waals surface area contributed by atoms with Crippen LogP contribution in [0, 0.1) is 5.92 Å². The van der Waals surface area contributed by atoms with Gasteiger partial charge in [0, 0.05) is 19.4 Å². The summed E-state index contributed by atoms with van der Waals surface area (Å²) in [5.74, 6) is -6.86. The summed E-state index contributed by atoms with van der Waals surface area (Å²) in [5, 5.41) is 22.4. The van der Waals surface area contributed by atoms with Crippen LogP contribution in [0.3, 0.4) is 0 Å². The number of carbonyl (C=O) groups excluding carboxylic acids is 4. The van der Waals surface area contributed by atoms with E-state index in [2.05, 4.69) is 15.5 Å². The number of nitrogens with two attached hydrogens (primary N) is 2. The molecule has 1 aliphatic heterocycles. The van der Waals surface area contributed by atoms with E-state index in [1.165, 1.54) is 6.92 Å². The highest BCUT2D eigenvalue weighted by Gasteiger charge is 2.49. The second-order valence-electron chi connectivity index (χ2n) is 6.02. The number of hydrogen-bond acceptors (Lipinski definition) is 9. The second kappa shape index (κ2) is 8.80. The van der Waals surface area contributed by atoms with Crippen molar-refractivity contribution in [3.63, 3.8) is 0 Å². The molecule has 0 saturated carbocycles. The van der Waals surface area contributed by atoms with Crippen LogP contribution in [-0.4, -0.2) is 70.5 Å². The number of rotatable bonds is 10. The van der Waals surface area contributed by atoms with Gasteiger partial charge in [0.1, 0.15) is 11.6 Å². The molecule has 0 bridgehead atoms. The van der Waals surface area contributed by atoms with Crippen LogP contribution in [0.5, 0.6) is 0 Å². The van der Waals surface area contributed by atoms with E-state index in [1.54, 1.807) is 0 Å². The molecule has 0 aromatic heterocycles. The van der Waals surface area contributed by atoms with Gasteiger partial charge in [0.05, 0.1) is 12.6 Å². The van der Waals surface area contributed by atoms with Crippen LogP contribution in [0.15, 0.2) is 0 Å². The fourth-order valence-electron chi connectivity index (χ4n) is 2.54. The first-order valence-corrected chi connectivity index (χ1v) is 7.74. The van der Waals surface area contributed by atoms with E-state index in [1.807, 2.05) is 0 Å². The van der Waals surface area contributed by atoms with Crippen LogP contribution in [-0.2, 0) is 28.9 Å². The molecule has 2 amide bonds. The number of hydrogen-bond donors (Lipinski definition) is 6. The van der Waals surface area contributed by atoms with Crippen LogP contribution in [0.25, 0.3) is 0 Å². The highest BCUT2D eigenvalue weighted by Crippen LogP contribution is 2.23. The minimum absolute atomic E-state index is 0.210. The lowest BCUT2D eigenvalue weighted by Gasteiger charge is -2.30. The van der Waals surface area contributed by atoms with Gasteiger partial charge in [-0.2, -0.15) is 0 Å². The topological polar surface area (TPSA) is 211 Å². The van der Waals surface area contributed by atoms with Crippen LogP contribution in [0.2, 0.25) is 0 Å². The fourth-order valence-corrected chi connectivity index (χ4v) is 2.54. The fraction of sp³-hybridized carbons (Fsp3) is 0.643. The first-order valence-electron chi connectivity index (χ1n) is 7.74. The molecule has 0 radical (unpaired) electrons. The minimum atomic E-state index is -2.22. The Hall–Kier alpha value is -2.41. The average Bonchev–Trinajstić information content (AvgIpc) is 2.85. The van der Waals surface area contributed by atoms with Crippen molar-refractivity contribution in [3.8, 4) is 0 Å². The van der Waals surface area contributed by atoms with Crippen molar-refractivity contribution < 1.29 is 39.2 Å². The van der Waals surface area contributed by atoms with Gasteiger partial charge in [-0.05, 0) is 6.92 Å². The third-order valence-electron chi connectivity index (χ3n) is 4.05.